The van der Waals surface area contributed by atoms with Gasteiger partial charge in [-0.3, -0.25) is 0 Å². The Kier molecular flexibility index (Phi) is 6.08. The molecule has 3 heteroatoms. The molecule has 0 radical (unpaired) electrons. The standard InChI is InChI=1S/C7H15ClO2/c1-2-3-4-6(9)7(10)5-8/h6-7,9-10H,2-5H2,1H3/t6-,7+/m1/s1. The predicted octanol–water partition coefficient (Wildman–Crippen LogP) is 1.14. The van der Waals surface area contributed by atoms with Crippen LogP contribution in [0.1, 0.15) is 26.2 Å². The monoisotopic (exact) mass is 166 g/mol. The van der Waals surface area contributed by atoms with Crippen LogP contribution in [0.5, 0.6) is 0 Å². The Hall–Kier alpha value is 0.210. The van der Waals surface area contributed by atoms with Crippen molar-refractivity contribution in [3.05, 3.63) is 0 Å². The maximum absolute atomic E-state index is 9.11. The lowest BCUT2D eigenvalue weighted by molar-refractivity contribution is 0.0270. The van der Waals surface area contributed by atoms with Crippen LogP contribution in [0, 0.1) is 0 Å². The van der Waals surface area contributed by atoms with Gasteiger partial charge in [0.25, 0.3) is 0 Å². The van der Waals surface area contributed by atoms with Crippen molar-refractivity contribution in [2.75, 3.05) is 5.88 Å². The number of aliphatic hydroxyl groups is 2. The third-order valence-corrected chi connectivity index (χ3v) is 1.77. The smallest absolute Gasteiger partial charge is 0.0933 e. The fourth-order valence-electron chi connectivity index (χ4n) is 0.708. The minimum atomic E-state index is -0.756. The van der Waals surface area contributed by atoms with Gasteiger partial charge in [0.15, 0.2) is 0 Å². The van der Waals surface area contributed by atoms with Gasteiger partial charge in [0, 0.05) is 0 Å². The third kappa shape index (κ3) is 4.09. The first-order valence-electron chi connectivity index (χ1n) is 3.64. The van der Waals surface area contributed by atoms with Crippen molar-refractivity contribution < 1.29 is 10.2 Å². The lowest BCUT2D eigenvalue weighted by atomic mass is 10.1. The van der Waals surface area contributed by atoms with E-state index in [0.717, 1.165) is 12.8 Å². The minimum absolute atomic E-state index is 0.116. The maximum Gasteiger partial charge on any atom is 0.0933 e. The fraction of sp³-hybridized carbons (Fsp3) is 1.00. The summed E-state index contributed by atoms with van der Waals surface area (Å²) in [6, 6.07) is 0. The van der Waals surface area contributed by atoms with E-state index in [0.29, 0.717) is 6.42 Å². The molecule has 62 valence electrons. The zero-order valence-electron chi connectivity index (χ0n) is 6.26. The molecular formula is C7H15ClO2. The zero-order valence-corrected chi connectivity index (χ0v) is 7.01. The normalized spacial score (nSPS) is 16.8. The molecule has 0 spiro atoms. The molecule has 0 bridgehead atoms. The van der Waals surface area contributed by atoms with Gasteiger partial charge < -0.3 is 10.2 Å². The van der Waals surface area contributed by atoms with E-state index in [4.69, 9.17) is 21.8 Å². The number of alkyl halides is 1. The summed E-state index contributed by atoms with van der Waals surface area (Å²) in [6.45, 7) is 2.04. The van der Waals surface area contributed by atoms with Crippen molar-refractivity contribution in [2.45, 2.75) is 38.4 Å². The number of hydrogen-bond acceptors (Lipinski definition) is 2. The van der Waals surface area contributed by atoms with E-state index in [1.165, 1.54) is 0 Å². The lowest BCUT2D eigenvalue weighted by Crippen LogP contribution is -2.27. The van der Waals surface area contributed by atoms with Crippen molar-refractivity contribution in [2.24, 2.45) is 0 Å². The average Bonchev–Trinajstić information content (AvgIpc) is 1.98. The van der Waals surface area contributed by atoms with Gasteiger partial charge >= 0.3 is 0 Å². The van der Waals surface area contributed by atoms with E-state index >= 15 is 0 Å². The molecule has 0 aliphatic carbocycles. The summed E-state index contributed by atoms with van der Waals surface area (Å²) in [6.07, 6.45) is 1.22. The van der Waals surface area contributed by atoms with Crippen molar-refractivity contribution in [3.8, 4) is 0 Å². The maximum atomic E-state index is 9.11. The zero-order chi connectivity index (χ0) is 7.98. The highest BCUT2D eigenvalue weighted by Crippen LogP contribution is 2.05. The van der Waals surface area contributed by atoms with Crippen LogP contribution in [0.15, 0.2) is 0 Å². The molecule has 0 heterocycles. The van der Waals surface area contributed by atoms with Gasteiger partial charge in [-0.15, -0.1) is 11.6 Å². The Morgan fingerprint density at radius 1 is 1.30 bits per heavy atom. The van der Waals surface area contributed by atoms with Crippen molar-refractivity contribution >= 4 is 11.6 Å². The first-order valence-corrected chi connectivity index (χ1v) is 4.18. The summed E-state index contributed by atoms with van der Waals surface area (Å²) in [5.41, 5.74) is 0. The molecule has 0 saturated heterocycles. The lowest BCUT2D eigenvalue weighted by Gasteiger charge is -2.13. The van der Waals surface area contributed by atoms with Crippen LogP contribution in [0.3, 0.4) is 0 Å². The molecule has 0 aromatic carbocycles. The summed E-state index contributed by atoms with van der Waals surface area (Å²) in [7, 11) is 0. The summed E-state index contributed by atoms with van der Waals surface area (Å²) in [5.74, 6) is 0.116. The molecule has 2 N–H and O–H groups in total. The summed E-state index contributed by atoms with van der Waals surface area (Å²) in [4.78, 5) is 0. The van der Waals surface area contributed by atoms with Gasteiger partial charge in [0.1, 0.15) is 0 Å². The SMILES string of the molecule is CCCC[C@@H](O)[C@@H](O)CCl. The fourth-order valence-corrected chi connectivity index (χ4v) is 0.914. The molecule has 2 nitrogen and oxygen atoms in total. The highest BCUT2D eigenvalue weighted by molar-refractivity contribution is 6.18. The van der Waals surface area contributed by atoms with Crippen LogP contribution in [-0.4, -0.2) is 28.3 Å². The molecule has 10 heavy (non-hydrogen) atoms. The Labute approximate surface area is 66.8 Å². The van der Waals surface area contributed by atoms with Crippen LogP contribution in [0.25, 0.3) is 0 Å². The molecule has 0 unspecified atom stereocenters. The summed E-state index contributed by atoms with van der Waals surface area (Å²) >= 11 is 5.32. The van der Waals surface area contributed by atoms with Gasteiger partial charge in [0.05, 0.1) is 18.1 Å². The molecule has 0 amide bonds. The van der Waals surface area contributed by atoms with Gasteiger partial charge in [-0.05, 0) is 6.42 Å². The average molecular weight is 167 g/mol. The second kappa shape index (κ2) is 5.96. The van der Waals surface area contributed by atoms with Gasteiger partial charge in [-0.2, -0.15) is 0 Å². The van der Waals surface area contributed by atoms with Crippen LogP contribution in [-0.2, 0) is 0 Å². The largest absolute Gasteiger partial charge is 0.390 e. The molecule has 0 aliphatic rings. The van der Waals surface area contributed by atoms with Crippen molar-refractivity contribution in [1.82, 2.24) is 0 Å². The Morgan fingerprint density at radius 2 is 1.90 bits per heavy atom. The van der Waals surface area contributed by atoms with Crippen LogP contribution in [0.4, 0.5) is 0 Å². The van der Waals surface area contributed by atoms with Crippen molar-refractivity contribution in [1.29, 1.82) is 0 Å². The van der Waals surface area contributed by atoms with E-state index in [1.807, 2.05) is 6.92 Å². The van der Waals surface area contributed by atoms with Crippen LogP contribution in [0.2, 0.25) is 0 Å². The number of aliphatic hydroxyl groups excluding tert-OH is 2. The van der Waals surface area contributed by atoms with E-state index in [9.17, 15) is 0 Å². The Balaban J connectivity index is 3.31. The molecular weight excluding hydrogens is 152 g/mol. The summed E-state index contributed by atoms with van der Waals surface area (Å²) in [5, 5.41) is 18.1. The van der Waals surface area contributed by atoms with E-state index in [-0.39, 0.29) is 5.88 Å². The second-order valence-corrected chi connectivity index (χ2v) is 2.74. The third-order valence-electron chi connectivity index (χ3n) is 1.46. The molecule has 0 aromatic rings. The van der Waals surface area contributed by atoms with Gasteiger partial charge in [0.2, 0.25) is 0 Å². The number of hydrogen-bond donors (Lipinski definition) is 2. The van der Waals surface area contributed by atoms with E-state index in [1.54, 1.807) is 0 Å². The highest BCUT2D eigenvalue weighted by Gasteiger charge is 2.13. The number of unbranched alkanes of at least 4 members (excludes halogenated alkanes) is 1. The Bertz CT molecular complexity index is 78.0. The molecule has 0 aromatic heterocycles. The molecule has 0 saturated carbocycles. The first-order chi connectivity index (χ1) is 4.72. The minimum Gasteiger partial charge on any atom is -0.390 e. The highest BCUT2D eigenvalue weighted by atomic mass is 35.5. The molecule has 0 rings (SSSR count). The molecule has 0 fully saturated rings. The molecule has 0 aliphatic heterocycles. The first kappa shape index (κ1) is 10.2. The van der Waals surface area contributed by atoms with Crippen LogP contribution < -0.4 is 0 Å². The van der Waals surface area contributed by atoms with Gasteiger partial charge in [-0.1, -0.05) is 19.8 Å². The summed E-state index contributed by atoms with van der Waals surface area (Å²) < 4.78 is 0. The number of halogens is 1. The topological polar surface area (TPSA) is 40.5 Å². The van der Waals surface area contributed by atoms with Crippen molar-refractivity contribution in [3.63, 3.8) is 0 Å². The van der Waals surface area contributed by atoms with E-state index < -0.39 is 12.2 Å². The van der Waals surface area contributed by atoms with Crippen LogP contribution >= 0.6 is 11.6 Å². The van der Waals surface area contributed by atoms with Gasteiger partial charge in [-0.25, -0.2) is 0 Å². The molecule has 2 atom stereocenters. The van der Waals surface area contributed by atoms with E-state index in [2.05, 4.69) is 0 Å². The quantitative estimate of drug-likeness (QED) is 0.602. The Morgan fingerprint density at radius 3 is 2.30 bits per heavy atom. The predicted molar refractivity (Wildman–Crippen MR) is 42.3 cm³/mol. The number of rotatable bonds is 5. The second-order valence-electron chi connectivity index (χ2n) is 2.43.